The first-order valence-electron chi connectivity index (χ1n) is 8.27. The molecule has 2 aromatic rings. The van der Waals surface area contributed by atoms with Crippen molar-refractivity contribution in [1.82, 2.24) is 0 Å². The molecule has 0 heterocycles. The number of hydrogen-bond acceptors (Lipinski definition) is 4. The zero-order valence-corrected chi connectivity index (χ0v) is 15.4. The molecule has 1 amide bonds. The van der Waals surface area contributed by atoms with Crippen molar-refractivity contribution in [3.05, 3.63) is 59.2 Å². The van der Waals surface area contributed by atoms with Gasteiger partial charge in [0.25, 0.3) is 5.91 Å². The molecule has 0 saturated heterocycles. The van der Waals surface area contributed by atoms with Crippen LogP contribution in [0.5, 0.6) is 11.5 Å². The molecule has 5 heteroatoms. The number of nitrogens with one attached hydrogen (secondary N) is 1. The van der Waals surface area contributed by atoms with Crippen LogP contribution in [0.3, 0.4) is 0 Å². The van der Waals surface area contributed by atoms with Gasteiger partial charge in [-0.05, 0) is 62.2 Å². The fraction of sp³-hybridized carbons (Fsp3) is 0.238. The van der Waals surface area contributed by atoms with E-state index < -0.39 is 5.91 Å². The third-order valence-corrected chi connectivity index (χ3v) is 3.61. The Morgan fingerprint density at radius 2 is 1.96 bits per heavy atom. The van der Waals surface area contributed by atoms with Gasteiger partial charge in [-0.2, -0.15) is 5.26 Å². The molecule has 0 fully saturated rings. The van der Waals surface area contributed by atoms with E-state index in [0.29, 0.717) is 11.4 Å². The molecule has 26 heavy (non-hydrogen) atoms. The molecule has 134 valence electrons. The molecule has 2 aromatic carbocycles. The normalized spacial score (nSPS) is 11.0. The van der Waals surface area contributed by atoms with Gasteiger partial charge in [0, 0.05) is 11.8 Å². The van der Waals surface area contributed by atoms with Crippen molar-refractivity contribution in [2.24, 2.45) is 0 Å². The highest BCUT2D eigenvalue weighted by Crippen LogP contribution is 2.21. The number of benzene rings is 2. The third kappa shape index (κ3) is 5.12. The van der Waals surface area contributed by atoms with Gasteiger partial charge in [0.15, 0.2) is 0 Å². The summed E-state index contributed by atoms with van der Waals surface area (Å²) >= 11 is 0. The SMILES string of the molecule is COc1ccc(/C=C(/C#N)C(=O)Nc2cccc(OC(C)C)c2)c(C)c1. The van der Waals surface area contributed by atoms with Crippen LogP contribution < -0.4 is 14.8 Å². The molecule has 1 N–H and O–H groups in total. The second-order valence-corrected chi connectivity index (χ2v) is 6.04. The van der Waals surface area contributed by atoms with Gasteiger partial charge in [-0.25, -0.2) is 0 Å². The van der Waals surface area contributed by atoms with Gasteiger partial charge in [0.1, 0.15) is 23.1 Å². The summed E-state index contributed by atoms with van der Waals surface area (Å²) in [4.78, 5) is 12.4. The molecule has 0 aliphatic carbocycles. The van der Waals surface area contributed by atoms with E-state index in [4.69, 9.17) is 9.47 Å². The number of amides is 1. The maximum atomic E-state index is 12.4. The van der Waals surface area contributed by atoms with E-state index in [2.05, 4.69) is 5.32 Å². The molecule has 0 atom stereocenters. The van der Waals surface area contributed by atoms with E-state index in [1.807, 2.05) is 45.0 Å². The number of aryl methyl sites for hydroxylation is 1. The average Bonchev–Trinajstić information content (AvgIpc) is 2.60. The van der Waals surface area contributed by atoms with Crippen molar-refractivity contribution >= 4 is 17.7 Å². The molecular formula is C21H22N2O3. The molecule has 0 spiro atoms. The maximum absolute atomic E-state index is 12.4. The van der Waals surface area contributed by atoms with Gasteiger partial charge in [0.05, 0.1) is 13.2 Å². The number of hydrogen-bond donors (Lipinski definition) is 1. The lowest BCUT2D eigenvalue weighted by atomic mass is 10.1. The van der Waals surface area contributed by atoms with Crippen molar-refractivity contribution in [2.75, 3.05) is 12.4 Å². The van der Waals surface area contributed by atoms with Crippen LogP contribution in [0.15, 0.2) is 48.0 Å². The number of anilines is 1. The number of nitrogens with zero attached hydrogens (tertiary/aromatic N) is 1. The number of ether oxygens (including phenoxy) is 2. The summed E-state index contributed by atoms with van der Waals surface area (Å²) in [5.74, 6) is 0.917. The number of rotatable bonds is 6. The van der Waals surface area contributed by atoms with Crippen LogP contribution in [-0.2, 0) is 4.79 Å². The second-order valence-electron chi connectivity index (χ2n) is 6.04. The summed E-state index contributed by atoms with van der Waals surface area (Å²) in [6.45, 7) is 5.76. The van der Waals surface area contributed by atoms with Crippen LogP contribution in [0.1, 0.15) is 25.0 Å². The molecule has 0 aliphatic heterocycles. The molecule has 0 aromatic heterocycles. The van der Waals surface area contributed by atoms with E-state index in [9.17, 15) is 10.1 Å². The number of methoxy groups -OCH3 is 1. The van der Waals surface area contributed by atoms with Gasteiger partial charge in [-0.3, -0.25) is 4.79 Å². The van der Waals surface area contributed by atoms with Crippen molar-refractivity contribution in [2.45, 2.75) is 26.9 Å². The summed E-state index contributed by atoms with van der Waals surface area (Å²) in [5.41, 5.74) is 2.29. The average molecular weight is 350 g/mol. The van der Waals surface area contributed by atoms with E-state index in [0.717, 1.165) is 16.9 Å². The highest BCUT2D eigenvalue weighted by molar-refractivity contribution is 6.09. The fourth-order valence-corrected chi connectivity index (χ4v) is 2.36. The molecule has 0 saturated carbocycles. The molecule has 0 unspecified atom stereocenters. The summed E-state index contributed by atoms with van der Waals surface area (Å²) in [6, 6.07) is 14.5. The second kappa shape index (κ2) is 8.72. The molecule has 2 rings (SSSR count). The van der Waals surface area contributed by atoms with Crippen molar-refractivity contribution in [3.63, 3.8) is 0 Å². The molecule has 0 aliphatic rings. The quantitative estimate of drug-likeness (QED) is 0.621. The van der Waals surface area contributed by atoms with Crippen LogP contribution in [0, 0.1) is 18.3 Å². The first kappa shape index (κ1) is 19.1. The summed E-state index contributed by atoms with van der Waals surface area (Å²) in [5, 5.41) is 12.1. The first-order valence-corrected chi connectivity index (χ1v) is 8.27. The van der Waals surface area contributed by atoms with Crippen LogP contribution in [0.25, 0.3) is 6.08 Å². The van der Waals surface area contributed by atoms with E-state index in [1.54, 1.807) is 37.5 Å². The number of carbonyl (C=O) groups is 1. The predicted molar refractivity (Wildman–Crippen MR) is 102 cm³/mol. The Morgan fingerprint density at radius 1 is 1.19 bits per heavy atom. The standard InChI is InChI=1S/C21H22N2O3/c1-14(2)26-20-7-5-6-18(12-20)23-21(24)17(13-22)11-16-8-9-19(25-4)10-15(16)3/h5-12,14H,1-4H3,(H,23,24)/b17-11-. The van der Waals surface area contributed by atoms with Crippen LogP contribution in [0.2, 0.25) is 0 Å². The smallest absolute Gasteiger partial charge is 0.266 e. The molecular weight excluding hydrogens is 328 g/mol. The zero-order chi connectivity index (χ0) is 19.1. The highest BCUT2D eigenvalue weighted by atomic mass is 16.5. The number of carbonyl (C=O) groups excluding carboxylic acids is 1. The monoisotopic (exact) mass is 350 g/mol. The highest BCUT2D eigenvalue weighted by Gasteiger charge is 2.11. The summed E-state index contributed by atoms with van der Waals surface area (Å²) < 4.78 is 10.8. The maximum Gasteiger partial charge on any atom is 0.266 e. The topological polar surface area (TPSA) is 71.3 Å². The van der Waals surface area contributed by atoms with Crippen LogP contribution in [-0.4, -0.2) is 19.1 Å². The minimum Gasteiger partial charge on any atom is -0.497 e. The van der Waals surface area contributed by atoms with Gasteiger partial charge >= 0.3 is 0 Å². The van der Waals surface area contributed by atoms with Crippen molar-refractivity contribution < 1.29 is 14.3 Å². The van der Waals surface area contributed by atoms with Gasteiger partial charge < -0.3 is 14.8 Å². The largest absolute Gasteiger partial charge is 0.497 e. The number of nitriles is 1. The van der Waals surface area contributed by atoms with E-state index >= 15 is 0 Å². The first-order chi connectivity index (χ1) is 12.4. The Morgan fingerprint density at radius 3 is 2.58 bits per heavy atom. The van der Waals surface area contributed by atoms with Crippen LogP contribution in [0.4, 0.5) is 5.69 Å². The Balaban J connectivity index is 2.20. The van der Waals surface area contributed by atoms with Gasteiger partial charge in [-0.15, -0.1) is 0 Å². The molecule has 5 nitrogen and oxygen atoms in total. The minimum atomic E-state index is -0.468. The Kier molecular flexibility index (Phi) is 6.40. The predicted octanol–water partition coefficient (Wildman–Crippen LogP) is 4.34. The lowest BCUT2D eigenvalue weighted by Gasteiger charge is -2.11. The Bertz CT molecular complexity index is 864. The van der Waals surface area contributed by atoms with Crippen molar-refractivity contribution in [3.8, 4) is 17.6 Å². The Labute approximate surface area is 153 Å². The lowest BCUT2D eigenvalue weighted by Crippen LogP contribution is -2.14. The molecule has 0 bridgehead atoms. The van der Waals surface area contributed by atoms with Crippen LogP contribution >= 0.6 is 0 Å². The molecule has 0 radical (unpaired) electrons. The van der Waals surface area contributed by atoms with Gasteiger partial charge in [0.2, 0.25) is 0 Å². The Hall–Kier alpha value is -3.26. The van der Waals surface area contributed by atoms with Gasteiger partial charge in [-0.1, -0.05) is 12.1 Å². The fourth-order valence-electron chi connectivity index (χ4n) is 2.36. The van der Waals surface area contributed by atoms with E-state index in [-0.39, 0.29) is 11.7 Å². The summed E-state index contributed by atoms with van der Waals surface area (Å²) in [6.07, 6.45) is 1.60. The van der Waals surface area contributed by atoms with E-state index in [1.165, 1.54) is 0 Å². The minimum absolute atomic E-state index is 0.0217. The summed E-state index contributed by atoms with van der Waals surface area (Å²) in [7, 11) is 1.59. The third-order valence-electron chi connectivity index (χ3n) is 3.61. The zero-order valence-electron chi connectivity index (χ0n) is 15.4. The lowest BCUT2D eigenvalue weighted by molar-refractivity contribution is -0.112. The van der Waals surface area contributed by atoms with Crippen molar-refractivity contribution in [1.29, 1.82) is 5.26 Å².